The van der Waals surface area contributed by atoms with Crippen LogP contribution in [0.1, 0.15) is 66.7 Å². The molecule has 0 saturated carbocycles. The predicted molar refractivity (Wildman–Crippen MR) is 57.4 cm³/mol. The van der Waals surface area contributed by atoms with E-state index in [4.69, 9.17) is 0 Å². The first-order chi connectivity index (χ1) is 5.54. The van der Waals surface area contributed by atoms with Crippen LogP contribution in [0.5, 0.6) is 0 Å². The fraction of sp³-hybridized carbons (Fsp3) is 1.00. The molecular formula is C12H26. The van der Waals surface area contributed by atoms with Gasteiger partial charge in [-0.15, -0.1) is 0 Å². The van der Waals surface area contributed by atoms with Crippen molar-refractivity contribution in [2.75, 3.05) is 0 Å². The van der Waals surface area contributed by atoms with Crippen molar-refractivity contribution in [1.82, 2.24) is 0 Å². The average Bonchev–Trinajstić information content (AvgIpc) is 2.00. The molecule has 0 nitrogen and oxygen atoms in total. The molecule has 0 bridgehead atoms. The molecule has 0 amide bonds. The van der Waals surface area contributed by atoms with E-state index in [1.807, 2.05) is 0 Å². The van der Waals surface area contributed by atoms with Gasteiger partial charge in [-0.25, -0.2) is 0 Å². The second-order valence-electron chi connectivity index (χ2n) is 4.78. The highest BCUT2D eigenvalue weighted by Crippen LogP contribution is 2.34. The van der Waals surface area contributed by atoms with E-state index in [1.54, 1.807) is 0 Å². The highest BCUT2D eigenvalue weighted by molar-refractivity contribution is 4.74. The number of unbranched alkanes of at least 4 members (excludes halogenated alkanes) is 1. The van der Waals surface area contributed by atoms with E-state index < -0.39 is 0 Å². The molecule has 74 valence electrons. The molecule has 0 spiro atoms. The van der Waals surface area contributed by atoms with Crippen LogP contribution in [-0.2, 0) is 0 Å². The molecule has 0 aromatic rings. The highest BCUT2D eigenvalue weighted by atomic mass is 14.3. The first kappa shape index (κ1) is 12.0. The molecule has 1 unspecified atom stereocenters. The Labute approximate surface area is 78.8 Å². The summed E-state index contributed by atoms with van der Waals surface area (Å²) in [6.07, 6.45) is 6.84. The average molecular weight is 170 g/mol. The first-order valence-electron chi connectivity index (χ1n) is 5.54. The van der Waals surface area contributed by atoms with Crippen LogP contribution in [0.3, 0.4) is 0 Å². The van der Waals surface area contributed by atoms with Crippen molar-refractivity contribution in [1.29, 1.82) is 0 Å². The van der Waals surface area contributed by atoms with Crippen LogP contribution in [0.4, 0.5) is 0 Å². The third-order valence-corrected chi connectivity index (χ3v) is 3.22. The van der Waals surface area contributed by atoms with E-state index in [0.717, 1.165) is 5.92 Å². The molecule has 0 aromatic carbocycles. The second-order valence-corrected chi connectivity index (χ2v) is 4.78. The van der Waals surface area contributed by atoms with Gasteiger partial charge in [0.25, 0.3) is 0 Å². The van der Waals surface area contributed by atoms with Gasteiger partial charge in [0.1, 0.15) is 0 Å². The molecule has 1 atom stereocenters. The third-order valence-electron chi connectivity index (χ3n) is 3.22. The predicted octanol–water partition coefficient (Wildman–Crippen LogP) is 4.64. The second kappa shape index (κ2) is 5.61. The smallest absolute Gasteiger partial charge is 0.0329 e. The van der Waals surface area contributed by atoms with E-state index >= 15 is 0 Å². The van der Waals surface area contributed by atoms with Crippen LogP contribution in [0.2, 0.25) is 0 Å². The van der Waals surface area contributed by atoms with Crippen molar-refractivity contribution in [3.63, 3.8) is 0 Å². The number of rotatable bonds is 6. The Morgan fingerprint density at radius 3 is 2.08 bits per heavy atom. The SMILES string of the molecule is CCCCC(C)C(C)(C)CCC. The summed E-state index contributed by atoms with van der Waals surface area (Å²) in [5, 5.41) is 0. The van der Waals surface area contributed by atoms with Crippen LogP contribution >= 0.6 is 0 Å². The van der Waals surface area contributed by atoms with Gasteiger partial charge in [0.05, 0.1) is 0 Å². The minimum atomic E-state index is 0.559. The standard InChI is InChI=1S/C12H26/c1-6-8-9-11(3)12(4,5)10-7-2/h11H,6-10H2,1-5H3. The normalized spacial score (nSPS) is 14.8. The molecule has 0 heteroatoms. The summed E-state index contributed by atoms with van der Waals surface area (Å²) >= 11 is 0. The number of hydrogen-bond donors (Lipinski definition) is 0. The number of hydrogen-bond acceptors (Lipinski definition) is 0. The van der Waals surface area contributed by atoms with Crippen molar-refractivity contribution in [2.24, 2.45) is 11.3 Å². The maximum atomic E-state index is 2.41. The van der Waals surface area contributed by atoms with E-state index in [0.29, 0.717) is 5.41 Å². The first-order valence-corrected chi connectivity index (χ1v) is 5.54. The Morgan fingerprint density at radius 2 is 1.67 bits per heavy atom. The van der Waals surface area contributed by atoms with Crippen LogP contribution in [0.15, 0.2) is 0 Å². The quantitative estimate of drug-likeness (QED) is 0.545. The van der Waals surface area contributed by atoms with Gasteiger partial charge in [0.15, 0.2) is 0 Å². The Kier molecular flexibility index (Phi) is 5.61. The van der Waals surface area contributed by atoms with Crippen molar-refractivity contribution in [3.05, 3.63) is 0 Å². The van der Waals surface area contributed by atoms with Crippen molar-refractivity contribution < 1.29 is 0 Å². The fourth-order valence-electron chi connectivity index (χ4n) is 1.79. The van der Waals surface area contributed by atoms with E-state index in [9.17, 15) is 0 Å². The Bertz CT molecular complexity index is 103. The van der Waals surface area contributed by atoms with Crippen LogP contribution in [-0.4, -0.2) is 0 Å². The maximum absolute atomic E-state index is 2.41. The zero-order valence-corrected chi connectivity index (χ0v) is 9.61. The van der Waals surface area contributed by atoms with Crippen LogP contribution in [0.25, 0.3) is 0 Å². The Morgan fingerprint density at radius 1 is 1.08 bits per heavy atom. The van der Waals surface area contributed by atoms with Gasteiger partial charge in [-0.1, -0.05) is 60.3 Å². The minimum Gasteiger partial charge on any atom is -0.0654 e. The molecule has 0 aromatic heterocycles. The summed E-state index contributed by atoms with van der Waals surface area (Å²) in [6.45, 7) is 11.8. The van der Waals surface area contributed by atoms with Gasteiger partial charge < -0.3 is 0 Å². The molecule has 0 N–H and O–H groups in total. The Balaban J connectivity index is 3.79. The summed E-state index contributed by atoms with van der Waals surface area (Å²) in [4.78, 5) is 0. The third kappa shape index (κ3) is 4.13. The lowest BCUT2D eigenvalue weighted by atomic mass is 9.74. The summed E-state index contributed by atoms with van der Waals surface area (Å²) in [6, 6.07) is 0. The lowest BCUT2D eigenvalue weighted by molar-refractivity contribution is 0.195. The minimum absolute atomic E-state index is 0.559. The maximum Gasteiger partial charge on any atom is -0.0329 e. The molecule has 0 heterocycles. The summed E-state index contributed by atoms with van der Waals surface area (Å²) < 4.78 is 0. The molecule has 0 aliphatic carbocycles. The zero-order valence-electron chi connectivity index (χ0n) is 9.61. The molecular weight excluding hydrogens is 144 g/mol. The lowest BCUT2D eigenvalue weighted by Gasteiger charge is -2.31. The summed E-state index contributed by atoms with van der Waals surface area (Å²) in [5.74, 6) is 0.886. The largest absolute Gasteiger partial charge is 0.0654 e. The fourth-order valence-corrected chi connectivity index (χ4v) is 1.79. The van der Waals surface area contributed by atoms with E-state index in [2.05, 4.69) is 34.6 Å². The highest BCUT2D eigenvalue weighted by Gasteiger charge is 2.23. The van der Waals surface area contributed by atoms with Crippen molar-refractivity contribution >= 4 is 0 Å². The molecule has 0 rings (SSSR count). The van der Waals surface area contributed by atoms with Crippen LogP contribution < -0.4 is 0 Å². The van der Waals surface area contributed by atoms with E-state index in [1.165, 1.54) is 32.1 Å². The van der Waals surface area contributed by atoms with Crippen molar-refractivity contribution in [3.8, 4) is 0 Å². The van der Waals surface area contributed by atoms with Crippen molar-refractivity contribution in [2.45, 2.75) is 66.7 Å². The van der Waals surface area contributed by atoms with Gasteiger partial charge >= 0.3 is 0 Å². The van der Waals surface area contributed by atoms with Gasteiger partial charge in [0, 0.05) is 0 Å². The molecule has 0 aliphatic heterocycles. The van der Waals surface area contributed by atoms with Gasteiger partial charge in [-0.3, -0.25) is 0 Å². The monoisotopic (exact) mass is 170 g/mol. The molecule has 0 aliphatic rings. The molecule has 12 heavy (non-hydrogen) atoms. The topological polar surface area (TPSA) is 0 Å². The zero-order chi connectivity index (χ0) is 9.61. The van der Waals surface area contributed by atoms with Gasteiger partial charge in [-0.05, 0) is 17.8 Å². The molecule has 0 fully saturated rings. The van der Waals surface area contributed by atoms with Gasteiger partial charge in [0.2, 0.25) is 0 Å². The lowest BCUT2D eigenvalue weighted by Crippen LogP contribution is -2.21. The van der Waals surface area contributed by atoms with Gasteiger partial charge in [-0.2, -0.15) is 0 Å². The molecule has 0 saturated heterocycles. The molecule has 0 radical (unpaired) electrons. The summed E-state index contributed by atoms with van der Waals surface area (Å²) in [7, 11) is 0. The van der Waals surface area contributed by atoms with E-state index in [-0.39, 0.29) is 0 Å². The summed E-state index contributed by atoms with van der Waals surface area (Å²) in [5.41, 5.74) is 0.559. The Hall–Kier alpha value is 0. The van der Waals surface area contributed by atoms with Crippen LogP contribution in [0, 0.1) is 11.3 Å².